The van der Waals surface area contributed by atoms with Crippen molar-refractivity contribution in [2.75, 3.05) is 32.8 Å². The van der Waals surface area contributed by atoms with Gasteiger partial charge >= 0.3 is 0 Å². The summed E-state index contributed by atoms with van der Waals surface area (Å²) in [5.74, 6) is 1.22. The average Bonchev–Trinajstić information content (AvgIpc) is 3.24. The van der Waals surface area contributed by atoms with Gasteiger partial charge in [0.25, 0.3) is 0 Å². The molecule has 0 N–H and O–H groups in total. The van der Waals surface area contributed by atoms with Gasteiger partial charge in [-0.2, -0.15) is 0 Å². The van der Waals surface area contributed by atoms with Crippen LogP contribution < -0.4 is 0 Å². The van der Waals surface area contributed by atoms with E-state index in [1.165, 1.54) is 11.1 Å². The summed E-state index contributed by atoms with van der Waals surface area (Å²) >= 11 is 0. The predicted octanol–water partition coefficient (Wildman–Crippen LogP) is 3.77. The zero-order valence-corrected chi connectivity index (χ0v) is 17.8. The van der Waals surface area contributed by atoms with Gasteiger partial charge in [0.2, 0.25) is 11.8 Å². The molecule has 1 aliphatic rings. The molecule has 0 saturated carbocycles. The molecule has 2 heterocycles. The molecule has 4 rings (SSSR count). The summed E-state index contributed by atoms with van der Waals surface area (Å²) in [6.07, 6.45) is 0. The minimum absolute atomic E-state index is 0.345. The lowest BCUT2D eigenvalue weighted by Crippen LogP contribution is -2.45. The molecule has 158 valence electrons. The summed E-state index contributed by atoms with van der Waals surface area (Å²) in [7, 11) is 0. The molecule has 3 aromatic rings. The van der Waals surface area contributed by atoms with Crippen molar-refractivity contribution in [2.24, 2.45) is 0 Å². The monoisotopic (exact) mass is 406 g/mol. The van der Waals surface area contributed by atoms with Gasteiger partial charge in [0, 0.05) is 37.8 Å². The van der Waals surface area contributed by atoms with Crippen molar-refractivity contribution in [3.63, 3.8) is 0 Å². The fourth-order valence-corrected chi connectivity index (χ4v) is 3.76. The Balaban J connectivity index is 1.48. The quantitative estimate of drug-likeness (QED) is 0.568. The van der Waals surface area contributed by atoms with Crippen LogP contribution in [0, 0.1) is 6.92 Å². The van der Waals surface area contributed by atoms with E-state index in [9.17, 15) is 0 Å². The highest BCUT2D eigenvalue weighted by Gasteiger charge is 2.22. The van der Waals surface area contributed by atoms with E-state index in [0.717, 1.165) is 45.0 Å². The fraction of sp³-hybridized carbons (Fsp3) is 0.417. The number of ether oxygens (including phenoxy) is 1. The van der Waals surface area contributed by atoms with Crippen molar-refractivity contribution in [1.29, 1.82) is 0 Å². The van der Waals surface area contributed by atoms with Gasteiger partial charge in [-0.1, -0.05) is 48.0 Å². The Labute approximate surface area is 178 Å². The van der Waals surface area contributed by atoms with Crippen LogP contribution in [0.5, 0.6) is 0 Å². The van der Waals surface area contributed by atoms with Crippen molar-refractivity contribution in [3.05, 3.63) is 71.6 Å². The Bertz CT molecular complexity index is 904. The number of aryl methyl sites for hydroxylation is 1. The Kier molecular flexibility index (Phi) is 6.89. The molecule has 30 heavy (non-hydrogen) atoms. The lowest BCUT2D eigenvalue weighted by molar-refractivity contribution is 0.0216. The first-order valence-corrected chi connectivity index (χ1v) is 10.6. The van der Waals surface area contributed by atoms with Crippen LogP contribution in [0.3, 0.4) is 0 Å². The summed E-state index contributed by atoms with van der Waals surface area (Å²) in [5, 5.41) is 8.61. The van der Waals surface area contributed by atoms with E-state index in [1.807, 2.05) is 12.1 Å². The molecule has 1 aliphatic heterocycles. The van der Waals surface area contributed by atoms with E-state index in [0.29, 0.717) is 24.4 Å². The molecule has 0 amide bonds. The lowest BCUT2D eigenvalue weighted by Gasteiger charge is -2.34. The van der Waals surface area contributed by atoms with Crippen LogP contribution in [0.4, 0.5) is 0 Å². The summed E-state index contributed by atoms with van der Waals surface area (Å²) in [5.41, 5.74) is 3.45. The number of hydrogen-bond acceptors (Lipinski definition) is 6. The van der Waals surface area contributed by atoms with E-state index in [-0.39, 0.29) is 0 Å². The van der Waals surface area contributed by atoms with Gasteiger partial charge in [0.15, 0.2) is 0 Å². The molecule has 6 nitrogen and oxygen atoms in total. The smallest absolute Gasteiger partial charge is 0.247 e. The molecule has 1 atom stereocenters. The topological polar surface area (TPSA) is 54.6 Å². The second kappa shape index (κ2) is 9.98. The molecule has 1 saturated heterocycles. The Morgan fingerprint density at radius 3 is 2.43 bits per heavy atom. The van der Waals surface area contributed by atoms with Crippen LogP contribution in [0.15, 0.2) is 59.0 Å². The molecule has 0 bridgehead atoms. The minimum Gasteiger partial charge on any atom is -0.419 e. The van der Waals surface area contributed by atoms with Crippen LogP contribution in [-0.2, 0) is 17.8 Å². The number of hydrogen-bond donors (Lipinski definition) is 0. The van der Waals surface area contributed by atoms with Crippen molar-refractivity contribution >= 4 is 0 Å². The Morgan fingerprint density at radius 1 is 0.967 bits per heavy atom. The zero-order valence-electron chi connectivity index (χ0n) is 17.8. The van der Waals surface area contributed by atoms with Crippen LogP contribution in [-0.4, -0.2) is 58.9 Å². The van der Waals surface area contributed by atoms with Crippen LogP contribution in [0.2, 0.25) is 0 Å². The van der Waals surface area contributed by atoms with Gasteiger partial charge in [0.1, 0.15) is 0 Å². The predicted molar refractivity (Wildman–Crippen MR) is 117 cm³/mol. The number of morpholine rings is 1. The van der Waals surface area contributed by atoms with Crippen LogP contribution >= 0.6 is 0 Å². The van der Waals surface area contributed by atoms with Gasteiger partial charge in [0.05, 0.1) is 19.8 Å². The highest BCUT2D eigenvalue weighted by molar-refractivity contribution is 5.52. The molecule has 1 unspecified atom stereocenters. The number of aromatic nitrogens is 2. The highest BCUT2D eigenvalue weighted by atomic mass is 16.5. The third-order valence-corrected chi connectivity index (χ3v) is 5.58. The van der Waals surface area contributed by atoms with Gasteiger partial charge < -0.3 is 9.15 Å². The summed E-state index contributed by atoms with van der Waals surface area (Å²) in [6.45, 7) is 10.4. The van der Waals surface area contributed by atoms with Crippen molar-refractivity contribution < 1.29 is 9.15 Å². The first kappa shape index (κ1) is 20.7. The average molecular weight is 407 g/mol. The molecule has 0 aliphatic carbocycles. The Morgan fingerprint density at radius 2 is 1.70 bits per heavy atom. The van der Waals surface area contributed by atoms with E-state index in [2.05, 4.69) is 76.3 Å². The van der Waals surface area contributed by atoms with Crippen molar-refractivity contribution in [1.82, 2.24) is 20.0 Å². The molecule has 0 radical (unpaired) electrons. The molecule has 1 aromatic heterocycles. The second-order valence-corrected chi connectivity index (χ2v) is 8.02. The van der Waals surface area contributed by atoms with Crippen LogP contribution in [0.1, 0.15) is 23.9 Å². The van der Waals surface area contributed by atoms with Gasteiger partial charge in [-0.05, 0) is 31.5 Å². The van der Waals surface area contributed by atoms with Gasteiger partial charge in [-0.25, -0.2) is 0 Å². The summed E-state index contributed by atoms with van der Waals surface area (Å²) in [6, 6.07) is 19.1. The first-order valence-electron chi connectivity index (χ1n) is 10.6. The van der Waals surface area contributed by atoms with E-state index >= 15 is 0 Å². The van der Waals surface area contributed by atoms with E-state index in [1.54, 1.807) is 0 Å². The number of benzene rings is 2. The molecule has 1 fully saturated rings. The molecular weight excluding hydrogens is 376 g/mol. The normalized spacial score (nSPS) is 16.1. The van der Waals surface area contributed by atoms with Gasteiger partial charge in [-0.15, -0.1) is 10.2 Å². The maximum absolute atomic E-state index is 6.02. The third kappa shape index (κ3) is 5.53. The molecule has 0 spiro atoms. The molecular formula is C24H30N4O2. The Hall–Kier alpha value is -2.54. The summed E-state index contributed by atoms with van der Waals surface area (Å²) in [4.78, 5) is 4.88. The maximum atomic E-state index is 6.02. The standard InChI is InChI=1S/C24H30N4O2/c1-19-8-10-22(11-9-19)24-26-25-23(30-24)18-28(17-21-6-4-3-5-7-21)20(2)16-27-12-14-29-15-13-27/h3-11,20H,12-18H2,1-2H3. The second-order valence-electron chi connectivity index (χ2n) is 8.02. The molecule has 6 heteroatoms. The minimum atomic E-state index is 0.345. The molecule has 2 aromatic carbocycles. The van der Waals surface area contributed by atoms with Crippen molar-refractivity contribution in [2.45, 2.75) is 33.0 Å². The largest absolute Gasteiger partial charge is 0.419 e. The third-order valence-electron chi connectivity index (χ3n) is 5.58. The van der Waals surface area contributed by atoms with Crippen LogP contribution in [0.25, 0.3) is 11.5 Å². The summed E-state index contributed by atoms with van der Waals surface area (Å²) < 4.78 is 11.5. The van der Waals surface area contributed by atoms with Crippen molar-refractivity contribution in [3.8, 4) is 11.5 Å². The zero-order chi connectivity index (χ0) is 20.8. The SMILES string of the molecule is Cc1ccc(-c2nnc(CN(Cc3ccccc3)C(C)CN3CCOCC3)o2)cc1. The lowest BCUT2D eigenvalue weighted by atomic mass is 10.1. The van der Waals surface area contributed by atoms with E-state index < -0.39 is 0 Å². The number of rotatable bonds is 8. The maximum Gasteiger partial charge on any atom is 0.247 e. The first-order chi connectivity index (χ1) is 14.7. The highest BCUT2D eigenvalue weighted by Crippen LogP contribution is 2.20. The fourth-order valence-electron chi connectivity index (χ4n) is 3.76. The van der Waals surface area contributed by atoms with E-state index in [4.69, 9.17) is 9.15 Å². The van der Waals surface area contributed by atoms with Gasteiger partial charge in [-0.3, -0.25) is 9.80 Å². The number of nitrogens with zero attached hydrogens (tertiary/aromatic N) is 4.